The van der Waals surface area contributed by atoms with Gasteiger partial charge in [-0.2, -0.15) is 0 Å². The maximum atomic E-state index is 10.1. The number of hydrogen-bond donors (Lipinski definition) is 1. The van der Waals surface area contributed by atoms with Crippen LogP contribution in [0.3, 0.4) is 0 Å². The average molecular weight is 324 g/mol. The van der Waals surface area contributed by atoms with Crippen molar-refractivity contribution in [3.63, 3.8) is 0 Å². The topological polar surface area (TPSA) is 47.9 Å². The van der Waals surface area contributed by atoms with Crippen LogP contribution in [0.25, 0.3) is 6.08 Å². The molecule has 0 spiro atoms. The largest absolute Gasteiger partial charge is 0.504 e. The number of fused-ring (bicyclic) bond motifs is 6. The molecule has 3 aliphatic rings. The van der Waals surface area contributed by atoms with Crippen molar-refractivity contribution in [1.82, 2.24) is 4.48 Å². The van der Waals surface area contributed by atoms with Crippen LogP contribution in [0.1, 0.15) is 22.7 Å². The lowest BCUT2D eigenvalue weighted by atomic mass is 9.93. The smallest absolute Gasteiger partial charge is 0.231 e. The summed E-state index contributed by atoms with van der Waals surface area (Å²) in [5, 5.41) is 10.1. The van der Waals surface area contributed by atoms with Gasteiger partial charge in [-0.15, -0.1) is 0 Å². The van der Waals surface area contributed by atoms with Crippen LogP contribution in [-0.2, 0) is 6.42 Å². The Kier molecular flexibility index (Phi) is 2.55. The molecular formula is C19H18NO4+. The number of rotatable bonds is 1. The summed E-state index contributed by atoms with van der Waals surface area (Å²) in [4.78, 5) is 0. The lowest BCUT2D eigenvalue weighted by Gasteiger charge is -2.36. The number of aromatic hydroxyl groups is 1. The van der Waals surface area contributed by atoms with E-state index in [1.54, 1.807) is 13.2 Å². The van der Waals surface area contributed by atoms with Crippen molar-refractivity contribution in [3.8, 4) is 23.0 Å². The van der Waals surface area contributed by atoms with Crippen molar-refractivity contribution < 1.29 is 19.3 Å². The molecule has 24 heavy (non-hydrogen) atoms. The minimum absolute atomic E-state index is 0.174. The predicted molar refractivity (Wildman–Crippen MR) is 90.4 cm³/mol. The maximum Gasteiger partial charge on any atom is 0.231 e. The lowest BCUT2D eigenvalue weighted by Crippen LogP contribution is -2.41. The van der Waals surface area contributed by atoms with Crippen molar-refractivity contribution in [1.29, 1.82) is 0 Å². The maximum absolute atomic E-state index is 10.1. The fraction of sp³-hybridized carbons (Fsp3) is 0.263. The zero-order valence-corrected chi connectivity index (χ0v) is 13.6. The number of ether oxygens (including phenoxy) is 3. The van der Waals surface area contributed by atoms with Crippen LogP contribution in [-0.4, -0.2) is 26.1 Å². The van der Waals surface area contributed by atoms with Gasteiger partial charge in [0.25, 0.3) is 0 Å². The van der Waals surface area contributed by atoms with Gasteiger partial charge in [0.05, 0.1) is 14.2 Å². The Balaban J connectivity index is 1.69. The summed E-state index contributed by atoms with van der Waals surface area (Å²) in [5.74, 6) is 2.33. The zero-order chi connectivity index (χ0) is 16.5. The predicted octanol–water partition coefficient (Wildman–Crippen LogP) is 3.35. The molecule has 2 aromatic rings. The molecule has 5 rings (SSSR count). The summed E-state index contributed by atoms with van der Waals surface area (Å²) in [7, 11) is 3.79. The van der Waals surface area contributed by atoms with Crippen molar-refractivity contribution in [2.75, 3.05) is 21.0 Å². The van der Waals surface area contributed by atoms with Crippen molar-refractivity contribution in [2.24, 2.45) is 0 Å². The Morgan fingerprint density at radius 3 is 2.75 bits per heavy atom. The number of likely N-dealkylation sites (N-methyl/N-ethyl adjacent to an activating group) is 1. The monoisotopic (exact) mass is 324 g/mol. The summed E-state index contributed by atoms with van der Waals surface area (Å²) in [6, 6.07) is 8.19. The van der Waals surface area contributed by atoms with E-state index < -0.39 is 0 Å². The summed E-state index contributed by atoms with van der Waals surface area (Å²) in [6.45, 7) is 0.292. The first kappa shape index (κ1) is 13.7. The molecule has 0 bridgehead atoms. The van der Waals surface area contributed by atoms with Gasteiger partial charge in [0, 0.05) is 23.6 Å². The number of hydrogen-bond acceptors (Lipinski definition) is 4. The third-order valence-corrected chi connectivity index (χ3v) is 5.46. The molecule has 2 aromatic carbocycles. The number of methoxy groups -OCH3 is 1. The molecule has 0 saturated heterocycles. The number of phenols is 1. The van der Waals surface area contributed by atoms with Crippen molar-refractivity contribution in [2.45, 2.75) is 12.5 Å². The van der Waals surface area contributed by atoms with Crippen molar-refractivity contribution in [3.05, 3.63) is 47.2 Å². The van der Waals surface area contributed by atoms with E-state index in [1.807, 2.05) is 6.07 Å². The minimum atomic E-state index is 0.174. The standard InChI is InChI=1S/C19H17NO4/c1-20-4-3-11-6-16(21)17(22-2)8-13(11)15(20)5-12-7-18-19(9-14(12)20)24-10-23-18/h3-4,6-9,15H,5,10H2,1-2H3/p+1/t15-,20-/m0/s1. The molecule has 5 heteroatoms. The van der Waals surface area contributed by atoms with Crippen LogP contribution in [0.5, 0.6) is 23.0 Å². The average Bonchev–Trinajstić information content (AvgIpc) is 3.14. The first-order chi connectivity index (χ1) is 11.6. The third kappa shape index (κ3) is 1.62. The van der Waals surface area contributed by atoms with Crippen LogP contribution in [0.2, 0.25) is 0 Å². The number of nitrogens with zero attached hydrogens (tertiary/aromatic N) is 1. The van der Waals surface area contributed by atoms with Crippen molar-refractivity contribution >= 4 is 11.8 Å². The summed E-state index contributed by atoms with van der Waals surface area (Å²) >= 11 is 0. The second kappa shape index (κ2) is 4.45. The van der Waals surface area contributed by atoms with Gasteiger partial charge in [0.2, 0.25) is 6.79 Å². The van der Waals surface area contributed by atoms with E-state index in [9.17, 15) is 5.11 Å². The van der Waals surface area contributed by atoms with Crippen LogP contribution >= 0.6 is 0 Å². The zero-order valence-electron chi connectivity index (χ0n) is 13.6. The number of phenolic OH excluding ortho intramolecular Hbond substituents is 1. The van der Waals surface area contributed by atoms with Gasteiger partial charge < -0.3 is 19.3 Å². The Hall–Kier alpha value is -2.66. The number of benzene rings is 2. The second-order valence-electron chi connectivity index (χ2n) is 6.67. The van der Waals surface area contributed by atoms with E-state index >= 15 is 0 Å². The molecule has 0 aromatic heterocycles. The normalized spacial score (nSPS) is 25.2. The van der Waals surface area contributed by atoms with Gasteiger partial charge in [0.15, 0.2) is 23.0 Å². The number of quaternary nitrogens is 1. The molecule has 5 nitrogen and oxygen atoms in total. The molecule has 0 saturated carbocycles. The Morgan fingerprint density at radius 2 is 1.96 bits per heavy atom. The second-order valence-corrected chi connectivity index (χ2v) is 6.67. The summed E-state index contributed by atoms with van der Waals surface area (Å²) in [5.41, 5.74) is 4.74. The quantitative estimate of drug-likeness (QED) is 0.817. The molecule has 2 atom stereocenters. The highest BCUT2D eigenvalue weighted by atomic mass is 16.7. The minimum Gasteiger partial charge on any atom is -0.504 e. The van der Waals surface area contributed by atoms with Gasteiger partial charge in [-0.1, -0.05) is 0 Å². The van der Waals surface area contributed by atoms with Crippen LogP contribution < -0.4 is 18.7 Å². The van der Waals surface area contributed by atoms with E-state index in [-0.39, 0.29) is 11.8 Å². The SMILES string of the molecule is COc1cc2c(cc1O)C=C[N@@+]1(C)c3cc4c(cc3C[C@@H]21)OCO4. The molecular weight excluding hydrogens is 306 g/mol. The Morgan fingerprint density at radius 1 is 1.17 bits per heavy atom. The fourth-order valence-electron chi connectivity index (χ4n) is 4.17. The van der Waals surface area contributed by atoms with E-state index in [0.717, 1.165) is 23.5 Å². The van der Waals surface area contributed by atoms with Gasteiger partial charge in [0.1, 0.15) is 17.9 Å². The summed E-state index contributed by atoms with van der Waals surface area (Å²) < 4.78 is 17.1. The van der Waals surface area contributed by atoms with Gasteiger partial charge in [-0.3, -0.25) is 4.48 Å². The van der Waals surface area contributed by atoms with Crippen LogP contribution in [0, 0.1) is 0 Å². The van der Waals surface area contributed by atoms with E-state index in [4.69, 9.17) is 14.2 Å². The molecule has 0 unspecified atom stereocenters. The molecule has 122 valence electrons. The highest BCUT2D eigenvalue weighted by Gasteiger charge is 2.47. The lowest BCUT2D eigenvalue weighted by molar-refractivity contribution is 0.173. The molecule has 3 heterocycles. The first-order valence-corrected chi connectivity index (χ1v) is 7.99. The van der Waals surface area contributed by atoms with Crippen LogP contribution in [0.15, 0.2) is 30.5 Å². The molecule has 0 radical (unpaired) electrons. The Labute approximate surface area is 139 Å². The fourth-order valence-corrected chi connectivity index (χ4v) is 4.17. The first-order valence-electron chi connectivity index (χ1n) is 7.99. The molecule has 0 fully saturated rings. The molecule has 1 N–H and O–H groups in total. The molecule has 0 aliphatic carbocycles. The highest BCUT2D eigenvalue weighted by Crippen LogP contribution is 2.53. The molecule has 0 amide bonds. The van der Waals surface area contributed by atoms with E-state index in [0.29, 0.717) is 17.0 Å². The van der Waals surface area contributed by atoms with Gasteiger partial charge >= 0.3 is 0 Å². The Bertz CT molecular complexity index is 905. The van der Waals surface area contributed by atoms with E-state index in [1.165, 1.54) is 16.8 Å². The third-order valence-electron chi connectivity index (χ3n) is 5.46. The van der Waals surface area contributed by atoms with Gasteiger partial charge in [-0.25, -0.2) is 0 Å². The summed E-state index contributed by atoms with van der Waals surface area (Å²) in [6.07, 6.45) is 5.17. The highest BCUT2D eigenvalue weighted by molar-refractivity contribution is 5.72. The van der Waals surface area contributed by atoms with E-state index in [2.05, 4.69) is 31.5 Å². The van der Waals surface area contributed by atoms with Crippen LogP contribution in [0.4, 0.5) is 5.69 Å². The molecule has 3 aliphatic heterocycles. The van der Waals surface area contributed by atoms with Gasteiger partial charge in [-0.05, 0) is 29.8 Å².